The van der Waals surface area contributed by atoms with Gasteiger partial charge in [-0.25, -0.2) is 0 Å². The minimum atomic E-state index is 0.298. The number of thiophene rings is 1. The standard InChI is InChI=1S/C17H21NOS/c1-3-8-18-17(15-7-10-20-12(15)2)14-4-5-16-13(11-14)6-9-19-16/h4-5,7,10-11,17-18H,3,6,8-9H2,1-2H3. The van der Waals surface area contributed by atoms with E-state index in [1.165, 1.54) is 21.6 Å². The van der Waals surface area contributed by atoms with Crippen LogP contribution in [0.15, 0.2) is 29.6 Å². The summed E-state index contributed by atoms with van der Waals surface area (Å²) in [6.45, 7) is 6.27. The van der Waals surface area contributed by atoms with E-state index in [9.17, 15) is 0 Å². The van der Waals surface area contributed by atoms with Gasteiger partial charge in [-0.15, -0.1) is 11.3 Å². The van der Waals surface area contributed by atoms with Crippen molar-refractivity contribution in [1.29, 1.82) is 0 Å². The number of nitrogens with one attached hydrogen (secondary N) is 1. The third kappa shape index (κ3) is 2.60. The van der Waals surface area contributed by atoms with Gasteiger partial charge in [0.05, 0.1) is 12.6 Å². The number of rotatable bonds is 5. The molecule has 2 nitrogen and oxygen atoms in total. The molecule has 1 N–H and O–H groups in total. The van der Waals surface area contributed by atoms with E-state index < -0.39 is 0 Å². The average Bonchev–Trinajstić information content (AvgIpc) is 3.08. The number of hydrogen-bond donors (Lipinski definition) is 1. The van der Waals surface area contributed by atoms with Crippen molar-refractivity contribution in [2.45, 2.75) is 32.7 Å². The van der Waals surface area contributed by atoms with Crippen LogP contribution in [-0.2, 0) is 6.42 Å². The van der Waals surface area contributed by atoms with Gasteiger partial charge in [0.25, 0.3) is 0 Å². The molecule has 0 saturated heterocycles. The Morgan fingerprint density at radius 1 is 1.35 bits per heavy atom. The quantitative estimate of drug-likeness (QED) is 0.894. The van der Waals surface area contributed by atoms with E-state index in [1.807, 2.05) is 11.3 Å². The molecule has 0 radical (unpaired) electrons. The Hall–Kier alpha value is -1.32. The van der Waals surface area contributed by atoms with Crippen LogP contribution in [0.4, 0.5) is 0 Å². The molecule has 0 spiro atoms. The summed E-state index contributed by atoms with van der Waals surface area (Å²) in [4.78, 5) is 1.40. The third-order valence-electron chi connectivity index (χ3n) is 3.86. The zero-order valence-corrected chi connectivity index (χ0v) is 12.9. The van der Waals surface area contributed by atoms with Crippen molar-refractivity contribution in [3.63, 3.8) is 0 Å². The Morgan fingerprint density at radius 2 is 2.25 bits per heavy atom. The van der Waals surface area contributed by atoms with Crippen LogP contribution in [-0.4, -0.2) is 13.2 Å². The maximum atomic E-state index is 5.61. The van der Waals surface area contributed by atoms with E-state index >= 15 is 0 Å². The van der Waals surface area contributed by atoms with Crippen LogP contribution in [0, 0.1) is 6.92 Å². The lowest BCUT2D eigenvalue weighted by Gasteiger charge is -2.20. The first kappa shape index (κ1) is 13.7. The number of aryl methyl sites for hydroxylation is 1. The molecule has 0 bridgehead atoms. The Balaban J connectivity index is 1.94. The second-order valence-electron chi connectivity index (χ2n) is 5.28. The predicted molar refractivity (Wildman–Crippen MR) is 84.8 cm³/mol. The summed E-state index contributed by atoms with van der Waals surface area (Å²) in [6.07, 6.45) is 2.18. The summed E-state index contributed by atoms with van der Waals surface area (Å²) >= 11 is 1.82. The average molecular weight is 287 g/mol. The molecule has 106 valence electrons. The maximum Gasteiger partial charge on any atom is 0.122 e. The van der Waals surface area contributed by atoms with Crippen molar-refractivity contribution in [3.05, 3.63) is 51.2 Å². The molecular formula is C17H21NOS. The molecule has 0 fully saturated rings. The van der Waals surface area contributed by atoms with Crippen LogP contribution in [0.2, 0.25) is 0 Å². The van der Waals surface area contributed by atoms with Gasteiger partial charge in [0.2, 0.25) is 0 Å². The smallest absolute Gasteiger partial charge is 0.122 e. The van der Waals surface area contributed by atoms with Crippen LogP contribution in [0.1, 0.15) is 41.0 Å². The zero-order valence-electron chi connectivity index (χ0n) is 12.1. The Morgan fingerprint density at radius 3 is 3.00 bits per heavy atom. The first-order valence-electron chi connectivity index (χ1n) is 7.32. The van der Waals surface area contributed by atoms with Crippen LogP contribution < -0.4 is 10.1 Å². The van der Waals surface area contributed by atoms with Gasteiger partial charge in [-0.2, -0.15) is 0 Å². The number of benzene rings is 1. The molecule has 1 atom stereocenters. The topological polar surface area (TPSA) is 21.3 Å². The summed E-state index contributed by atoms with van der Waals surface area (Å²) in [5.74, 6) is 1.06. The fourth-order valence-electron chi connectivity index (χ4n) is 2.78. The van der Waals surface area contributed by atoms with Gasteiger partial charge >= 0.3 is 0 Å². The second-order valence-corrected chi connectivity index (χ2v) is 6.41. The molecule has 2 aromatic rings. The van der Waals surface area contributed by atoms with E-state index in [-0.39, 0.29) is 0 Å². The molecule has 0 amide bonds. The highest BCUT2D eigenvalue weighted by atomic mass is 32.1. The van der Waals surface area contributed by atoms with Crippen LogP contribution in [0.5, 0.6) is 5.75 Å². The van der Waals surface area contributed by atoms with E-state index in [1.54, 1.807) is 0 Å². The van der Waals surface area contributed by atoms with Gasteiger partial charge in [-0.3, -0.25) is 0 Å². The molecule has 1 aromatic heterocycles. The van der Waals surface area contributed by atoms with E-state index in [2.05, 4.69) is 48.8 Å². The van der Waals surface area contributed by atoms with Gasteiger partial charge in [-0.05, 0) is 54.1 Å². The Kier molecular flexibility index (Phi) is 4.08. The first-order valence-corrected chi connectivity index (χ1v) is 8.20. The predicted octanol–water partition coefficient (Wildman–Crippen LogP) is 4.08. The molecule has 0 aliphatic carbocycles. The van der Waals surface area contributed by atoms with Crippen molar-refractivity contribution in [1.82, 2.24) is 5.32 Å². The molecule has 1 aliphatic rings. The monoisotopic (exact) mass is 287 g/mol. The first-order chi connectivity index (χ1) is 9.79. The van der Waals surface area contributed by atoms with E-state index in [0.717, 1.165) is 31.7 Å². The van der Waals surface area contributed by atoms with E-state index in [0.29, 0.717) is 6.04 Å². The molecule has 2 heterocycles. The SMILES string of the molecule is CCCNC(c1ccc2c(c1)CCO2)c1ccsc1C. The van der Waals surface area contributed by atoms with Crippen molar-refractivity contribution >= 4 is 11.3 Å². The minimum Gasteiger partial charge on any atom is -0.493 e. The zero-order chi connectivity index (χ0) is 13.9. The number of ether oxygens (including phenoxy) is 1. The van der Waals surface area contributed by atoms with Crippen molar-refractivity contribution in [2.75, 3.05) is 13.2 Å². The highest BCUT2D eigenvalue weighted by Crippen LogP contribution is 2.33. The minimum absolute atomic E-state index is 0.298. The van der Waals surface area contributed by atoms with Gasteiger partial charge in [0.15, 0.2) is 0 Å². The molecule has 3 rings (SSSR count). The van der Waals surface area contributed by atoms with Crippen molar-refractivity contribution < 1.29 is 4.74 Å². The third-order valence-corrected chi connectivity index (χ3v) is 4.72. The normalized spacial score (nSPS) is 14.9. The summed E-state index contributed by atoms with van der Waals surface area (Å²) in [5, 5.41) is 5.87. The summed E-state index contributed by atoms with van der Waals surface area (Å²) in [5.41, 5.74) is 4.10. The van der Waals surface area contributed by atoms with Gasteiger partial charge in [-0.1, -0.05) is 19.1 Å². The lowest BCUT2D eigenvalue weighted by molar-refractivity contribution is 0.357. The number of hydrogen-bond acceptors (Lipinski definition) is 3. The lowest BCUT2D eigenvalue weighted by Crippen LogP contribution is -2.23. The van der Waals surface area contributed by atoms with E-state index in [4.69, 9.17) is 4.74 Å². The Labute approximate surface area is 124 Å². The Bertz CT molecular complexity index is 590. The molecule has 1 aliphatic heterocycles. The van der Waals surface area contributed by atoms with Crippen molar-refractivity contribution in [2.24, 2.45) is 0 Å². The summed E-state index contributed by atoms with van der Waals surface area (Å²) in [6, 6.07) is 9.19. The maximum absolute atomic E-state index is 5.61. The van der Waals surface area contributed by atoms with Gasteiger partial charge in [0, 0.05) is 11.3 Å². The van der Waals surface area contributed by atoms with Crippen LogP contribution in [0.25, 0.3) is 0 Å². The summed E-state index contributed by atoms with van der Waals surface area (Å²) in [7, 11) is 0. The highest BCUT2D eigenvalue weighted by molar-refractivity contribution is 7.10. The van der Waals surface area contributed by atoms with Crippen LogP contribution >= 0.6 is 11.3 Å². The number of fused-ring (bicyclic) bond motifs is 1. The fourth-order valence-corrected chi connectivity index (χ4v) is 3.52. The molecule has 1 unspecified atom stereocenters. The molecule has 20 heavy (non-hydrogen) atoms. The van der Waals surface area contributed by atoms with Gasteiger partial charge in [0.1, 0.15) is 5.75 Å². The van der Waals surface area contributed by atoms with Gasteiger partial charge < -0.3 is 10.1 Å². The van der Waals surface area contributed by atoms with Crippen LogP contribution in [0.3, 0.4) is 0 Å². The molecule has 1 aromatic carbocycles. The summed E-state index contributed by atoms with van der Waals surface area (Å²) < 4.78 is 5.61. The largest absolute Gasteiger partial charge is 0.493 e. The highest BCUT2D eigenvalue weighted by Gasteiger charge is 2.19. The lowest BCUT2D eigenvalue weighted by atomic mass is 9.97. The second kappa shape index (κ2) is 5.98. The molecular weight excluding hydrogens is 266 g/mol. The van der Waals surface area contributed by atoms with Crippen molar-refractivity contribution in [3.8, 4) is 5.75 Å². The molecule has 3 heteroatoms. The molecule has 0 saturated carbocycles. The fraction of sp³-hybridized carbons (Fsp3) is 0.412.